The summed E-state index contributed by atoms with van der Waals surface area (Å²) in [6.45, 7) is 4.45. The van der Waals surface area contributed by atoms with E-state index in [1.54, 1.807) is 0 Å². The number of rotatable bonds is 6. The largest absolute Gasteiger partial charge is 0.481 e. The molecule has 0 spiro atoms. The first-order chi connectivity index (χ1) is 8.63. The highest BCUT2D eigenvalue weighted by Crippen LogP contribution is 2.21. The minimum atomic E-state index is -0.740. The lowest BCUT2D eigenvalue weighted by Gasteiger charge is -2.20. The molecule has 0 aromatic rings. The molecule has 1 saturated heterocycles. The standard InChI is InChI=1S/C13H23NO4/c1-2-18-9-6-12(15)14-7-3-4-11(5-8-14)10-13(16)17/h11H,2-10H2,1H3,(H,16,17)/t11-/m1/s1. The third kappa shape index (κ3) is 5.49. The zero-order valence-electron chi connectivity index (χ0n) is 11.1. The van der Waals surface area contributed by atoms with Crippen LogP contribution in [0.3, 0.4) is 0 Å². The summed E-state index contributed by atoms with van der Waals surface area (Å²) >= 11 is 0. The summed E-state index contributed by atoms with van der Waals surface area (Å²) in [5, 5.41) is 8.78. The van der Waals surface area contributed by atoms with Crippen molar-refractivity contribution < 1.29 is 19.4 Å². The van der Waals surface area contributed by atoms with Gasteiger partial charge in [0.05, 0.1) is 13.0 Å². The van der Waals surface area contributed by atoms with Crippen LogP contribution in [0.4, 0.5) is 0 Å². The Balaban J connectivity index is 2.32. The fourth-order valence-corrected chi connectivity index (χ4v) is 2.33. The highest BCUT2D eigenvalue weighted by Gasteiger charge is 2.21. The van der Waals surface area contributed by atoms with E-state index in [1.807, 2.05) is 11.8 Å². The lowest BCUT2D eigenvalue weighted by Crippen LogP contribution is -2.32. The summed E-state index contributed by atoms with van der Waals surface area (Å²) in [7, 11) is 0. The fourth-order valence-electron chi connectivity index (χ4n) is 2.33. The van der Waals surface area contributed by atoms with Gasteiger partial charge in [-0.15, -0.1) is 0 Å². The quantitative estimate of drug-likeness (QED) is 0.732. The maximum Gasteiger partial charge on any atom is 0.303 e. The van der Waals surface area contributed by atoms with Crippen molar-refractivity contribution in [2.75, 3.05) is 26.3 Å². The van der Waals surface area contributed by atoms with Crippen LogP contribution in [-0.4, -0.2) is 48.2 Å². The summed E-state index contributed by atoms with van der Waals surface area (Å²) < 4.78 is 5.17. The van der Waals surface area contributed by atoms with Crippen molar-refractivity contribution in [3.8, 4) is 0 Å². The first-order valence-corrected chi connectivity index (χ1v) is 6.70. The van der Waals surface area contributed by atoms with Crippen molar-refractivity contribution in [2.45, 2.75) is 39.0 Å². The van der Waals surface area contributed by atoms with Gasteiger partial charge in [0.1, 0.15) is 0 Å². The molecule has 104 valence electrons. The molecule has 18 heavy (non-hydrogen) atoms. The molecule has 0 saturated carbocycles. The number of hydrogen-bond donors (Lipinski definition) is 1. The topological polar surface area (TPSA) is 66.8 Å². The molecule has 1 fully saturated rings. The number of hydrogen-bond acceptors (Lipinski definition) is 3. The molecule has 0 unspecified atom stereocenters. The molecule has 5 nitrogen and oxygen atoms in total. The normalized spacial score (nSPS) is 20.5. The molecule has 1 N–H and O–H groups in total. The number of carboxylic acids is 1. The molecule has 0 aromatic carbocycles. The van der Waals surface area contributed by atoms with E-state index in [-0.39, 0.29) is 18.2 Å². The predicted octanol–water partition coefficient (Wildman–Crippen LogP) is 1.52. The number of carbonyl (C=O) groups excluding carboxylic acids is 1. The number of nitrogens with zero attached hydrogens (tertiary/aromatic N) is 1. The SMILES string of the molecule is CCOCCC(=O)N1CCC[C@@H](CC(=O)O)CC1. The van der Waals surface area contributed by atoms with Crippen molar-refractivity contribution >= 4 is 11.9 Å². The highest BCUT2D eigenvalue weighted by molar-refractivity contribution is 5.76. The van der Waals surface area contributed by atoms with Gasteiger partial charge >= 0.3 is 5.97 Å². The molecule has 1 aliphatic heterocycles. The number of aliphatic carboxylic acids is 1. The zero-order valence-corrected chi connectivity index (χ0v) is 11.1. The summed E-state index contributed by atoms with van der Waals surface area (Å²) in [6, 6.07) is 0. The first kappa shape index (κ1) is 15.0. The molecule has 1 rings (SSSR count). The Morgan fingerprint density at radius 3 is 2.78 bits per heavy atom. The van der Waals surface area contributed by atoms with Gasteiger partial charge in [-0.05, 0) is 32.1 Å². The Hall–Kier alpha value is -1.10. The average Bonchev–Trinajstić information content (AvgIpc) is 2.54. The van der Waals surface area contributed by atoms with Crippen LogP contribution in [0.5, 0.6) is 0 Å². The first-order valence-electron chi connectivity index (χ1n) is 6.70. The molecular formula is C13H23NO4. The minimum Gasteiger partial charge on any atom is -0.481 e. The number of carbonyl (C=O) groups is 2. The lowest BCUT2D eigenvalue weighted by atomic mass is 9.97. The molecule has 1 aliphatic rings. The smallest absolute Gasteiger partial charge is 0.303 e. The molecule has 0 bridgehead atoms. The van der Waals surface area contributed by atoms with Crippen molar-refractivity contribution in [1.29, 1.82) is 0 Å². The summed E-state index contributed by atoms with van der Waals surface area (Å²) in [5.74, 6) is -0.400. The molecule has 1 atom stereocenters. The van der Waals surface area contributed by atoms with Gasteiger partial charge < -0.3 is 14.7 Å². The van der Waals surface area contributed by atoms with E-state index in [0.717, 1.165) is 25.8 Å². The summed E-state index contributed by atoms with van der Waals surface area (Å²) in [6.07, 6.45) is 3.25. The van der Waals surface area contributed by atoms with Gasteiger partial charge in [0.15, 0.2) is 0 Å². The molecule has 0 radical (unpaired) electrons. The van der Waals surface area contributed by atoms with E-state index in [2.05, 4.69) is 0 Å². The Bertz CT molecular complexity index is 280. The van der Waals surface area contributed by atoms with Crippen LogP contribution in [0, 0.1) is 5.92 Å². The number of amides is 1. The monoisotopic (exact) mass is 257 g/mol. The van der Waals surface area contributed by atoms with Crippen molar-refractivity contribution in [3.63, 3.8) is 0 Å². The average molecular weight is 257 g/mol. The van der Waals surface area contributed by atoms with Crippen LogP contribution in [0.1, 0.15) is 39.0 Å². The van der Waals surface area contributed by atoms with Crippen LogP contribution in [0.15, 0.2) is 0 Å². The van der Waals surface area contributed by atoms with Gasteiger partial charge in [-0.2, -0.15) is 0 Å². The van der Waals surface area contributed by atoms with Crippen LogP contribution < -0.4 is 0 Å². The number of likely N-dealkylation sites (tertiary alicyclic amines) is 1. The highest BCUT2D eigenvalue weighted by atomic mass is 16.5. The van der Waals surface area contributed by atoms with Gasteiger partial charge in [-0.3, -0.25) is 9.59 Å². The van der Waals surface area contributed by atoms with Crippen molar-refractivity contribution in [2.24, 2.45) is 5.92 Å². The van der Waals surface area contributed by atoms with Gasteiger partial charge in [0.2, 0.25) is 5.91 Å². The number of carboxylic acid groups (broad SMARTS) is 1. The third-order valence-corrected chi connectivity index (χ3v) is 3.33. The maximum atomic E-state index is 11.9. The molecule has 0 aliphatic carbocycles. The van der Waals surface area contributed by atoms with Crippen LogP contribution in [0.25, 0.3) is 0 Å². The van der Waals surface area contributed by atoms with Gasteiger partial charge in [0, 0.05) is 26.1 Å². The Kier molecular flexibility index (Phi) is 6.72. The van der Waals surface area contributed by atoms with Gasteiger partial charge in [-0.1, -0.05) is 0 Å². The third-order valence-electron chi connectivity index (χ3n) is 3.33. The molecule has 5 heteroatoms. The summed E-state index contributed by atoms with van der Waals surface area (Å²) in [4.78, 5) is 24.4. The second kappa shape index (κ2) is 8.08. The van der Waals surface area contributed by atoms with E-state index >= 15 is 0 Å². The zero-order chi connectivity index (χ0) is 13.4. The number of ether oxygens (including phenoxy) is 1. The molecular weight excluding hydrogens is 234 g/mol. The van der Waals surface area contributed by atoms with Crippen LogP contribution in [0.2, 0.25) is 0 Å². The van der Waals surface area contributed by atoms with Gasteiger partial charge in [0.25, 0.3) is 0 Å². The Morgan fingerprint density at radius 2 is 2.11 bits per heavy atom. The van der Waals surface area contributed by atoms with Gasteiger partial charge in [-0.25, -0.2) is 0 Å². The van der Waals surface area contributed by atoms with E-state index in [1.165, 1.54) is 0 Å². The second-order valence-corrected chi connectivity index (χ2v) is 4.72. The minimum absolute atomic E-state index is 0.124. The van der Waals surface area contributed by atoms with Crippen molar-refractivity contribution in [1.82, 2.24) is 4.90 Å². The molecule has 0 aromatic heterocycles. The van der Waals surface area contributed by atoms with E-state index < -0.39 is 5.97 Å². The second-order valence-electron chi connectivity index (χ2n) is 4.72. The Labute approximate surface area is 108 Å². The lowest BCUT2D eigenvalue weighted by molar-refractivity contribution is -0.138. The van der Waals surface area contributed by atoms with Crippen LogP contribution >= 0.6 is 0 Å². The van der Waals surface area contributed by atoms with Crippen molar-refractivity contribution in [3.05, 3.63) is 0 Å². The van der Waals surface area contributed by atoms with Crippen LogP contribution in [-0.2, 0) is 14.3 Å². The molecule has 1 amide bonds. The fraction of sp³-hybridized carbons (Fsp3) is 0.846. The van der Waals surface area contributed by atoms with E-state index in [9.17, 15) is 9.59 Å². The summed E-state index contributed by atoms with van der Waals surface area (Å²) in [5.41, 5.74) is 0. The predicted molar refractivity (Wildman–Crippen MR) is 67.3 cm³/mol. The van der Waals surface area contributed by atoms with E-state index in [4.69, 9.17) is 9.84 Å². The Morgan fingerprint density at radius 1 is 1.33 bits per heavy atom. The van der Waals surface area contributed by atoms with E-state index in [0.29, 0.717) is 26.2 Å². The maximum absolute atomic E-state index is 11.9. The molecule has 1 heterocycles.